The maximum Gasteiger partial charge on any atom is 0.224 e. The van der Waals surface area contributed by atoms with Gasteiger partial charge in [-0.3, -0.25) is 0 Å². The van der Waals surface area contributed by atoms with Crippen LogP contribution in [0.4, 0.5) is 0 Å². The standard InChI is InChI=1S/C11H20NS.HI/c1-2-3-4-5-6-7-8-12-9-10-13-11-12;/h9-11H,2-8H2,1H3;1H/q+1;/p-1. The summed E-state index contributed by atoms with van der Waals surface area (Å²) in [7, 11) is 0. The summed E-state index contributed by atoms with van der Waals surface area (Å²) in [6.07, 6.45) is 10.5. The van der Waals surface area contributed by atoms with Crippen LogP contribution in [0, 0.1) is 0 Å². The van der Waals surface area contributed by atoms with Crippen LogP contribution < -0.4 is 28.5 Å². The first-order valence-electron chi connectivity index (χ1n) is 5.34. The predicted octanol–water partition coefficient (Wildman–Crippen LogP) is 0.400. The molecule has 82 valence electrons. The van der Waals surface area contributed by atoms with Crippen molar-refractivity contribution in [1.82, 2.24) is 0 Å². The Balaban J connectivity index is 0.00000169. The lowest BCUT2D eigenvalue weighted by atomic mass is 10.1. The molecule has 0 aliphatic heterocycles. The van der Waals surface area contributed by atoms with Crippen LogP contribution in [0.2, 0.25) is 0 Å². The number of hydrogen-bond acceptors (Lipinski definition) is 1. The summed E-state index contributed by atoms with van der Waals surface area (Å²) in [4.78, 5) is 0. The van der Waals surface area contributed by atoms with Crippen LogP contribution in [0.3, 0.4) is 0 Å². The molecule has 3 heteroatoms. The van der Waals surface area contributed by atoms with E-state index >= 15 is 0 Å². The van der Waals surface area contributed by atoms with Crippen LogP contribution >= 0.6 is 11.3 Å². The fourth-order valence-corrected chi connectivity index (χ4v) is 2.09. The highest BCUT2D eigenvalue weighted by molar-refractivity contribution is 7.07. The van der Waals surface area contributed by atoms with Gasteiger partial charge in [-0.25, -0.2) is 0 Å². The molecule has 1 aromatic heterocycles. The van der Waals surface area contributed by atoms with Crippen molar-refractivity contribution >= 4 is 11.3 Å². The fraction of sp³-hybridized carbons (Fsp3) is 0.727. The summed E-state index contributed by atoms with van der Waals surface area (Å²) in [5.41, 5.74) is 2.19. The van der Waals surface area contributed by atoms with Gasteiger partial charge < -0.3 is 24.0 Å². The average molecular weight is 325 g/mol. The van der Waals surface area contributed by atoms with Crippen molar-refractivity contribution in [2.45, 2.75) is 52.0 Å². The van der Waals surface area contributed by atoms with Gasteiger partial charge in [-0.15, -0.1) is 0 Å². The van der Waals surface area contributed by atoms with E-state index in [2.05, 4.69) is 28.6 Å². The number of hydrogen-bond donors (Lipinski definition) is 0. The molecule has 0 spiro atoms. The molecule has 0 N–H and O–H groups in total. The molecule has 0 aliphatic rings. The number of rotatable bonds is 7. The molecule has 0 unspecified atom stereocenters. The zero-order valence-corrected chi connectivity index (χ0v) is 11.9. The number of aryl methyl sites for hydroxylation is 1. The minimum Gasteiger partial charge on any atom is -1.00 e. The van der Waals surface area contributed by atoms with Crippen LogP contribution in [-0.4, -0.2) is 0 Å². The van der Waals surface area contributed by atoms with Gasteiger partial charge >= 0.3 is 0 Å². The first kappa shape index (κ1) is 14.4. The van der Waals surface area contributed by atoms with Gasteiger partial charge in [-0.2, -0.15) is 4.57 Å². The van der Waals surface area contributed by atoms with Crippen LogP contribution in [0.25, 0.3) is 0 Å². The van der Waals surface area contributed by atoms with Gasteiger partial charge in [0.05, 0.1) is 5.38 Å². The molecule has 0 saturated heterocycles. The Labute approximate surface area is 109 Å². The first-order chi connectivity index (χ1) is 6.43. The molecular weight excluding hydrogens is 305 g/mol. The van der Waals surface area contributed by atoms with E-state index in [0.29, 0.717) is 0 Å². The SMILES string of the molecule is CCCCCCCC[n+]1ccsc1.[I-]. The molecular formula is C11H20INS. The van der Waals surface area contributed by atoms with Gasteiger partial charge in [0.2, 0.25) is 5.51 Å². The Bertz CT molecular complexity index is 199. The second-order valence-corrected chi connectivity index (χ2v) is 4.29. The summed E-state index contributed by atoms with van der Waals surface area (Å²) in [5, 5.41) is 2.14. The van der Waals surface area contributed by atoms with E-state index < -0.39 is 0 Å². The molecule has 0 aliphatic carbocycles. The van der Waals surface area contributed by atoms with Crippen molar-refractivity contribution in [1.29, 1.82) is 0 Å². The smallest absolute Gasteiger partial charge is 0.224 e. The van der Waals surface area contributed by atoms with Gasteiger partial charge in [-0.1, -0.05) is 43.9 Å². The third-order valence-electron chi connectivity index (χ3n) is 2.30. The summed E-state index contributed by atoms with van der Waals surface area (Å²) < 4.78 is 2.28. The molecule has 1 aromatic rings. The lowest BCUT2D eigenvalue weighted by Gasteiger charge is -1.96. The molecule has 0 amide bonds. The highest BCUT2D eigenvalue weighted by atomic mass is 127. The summed E-state index contributed by atoms with van der Waals surface area (Å²) >= 11 is 1.77. The maximum absolute atomic E-state index is 2.28. The Morgan fingerprint density at radius 3 is 2.43 bits per heavy atom. The Morgan fingerprint density at radius 1 is 1.07 bits per heavy atom. The number of nitrogens with zero attached hydrogens (tertiary/aromatic N) is 1. The normalized spacial score (nSPS) is 9.79. The van der Waals surface area contributed by atoms with E-state index in [1.165, 1.54) is 45.1 Å². The molecule has 0 atom stereocenters. The van der Waals surface area contributed by atoms with Crippen molar-refractivity contribution in [3.63, 3.8) is 0 Å². The molecule has 1 heterocycles. The number of aromatic nitrogens is 1. The second kappa shape index (κ2) is 9.90. The topological polar surface area (TPSA) is 3.88 Å². The summed E-state index contributed by atoms with van der Waals surface area (Å²) in [5.74, 6) is 0. The number of unbranched alkanes of at least 4 members (excludes halogenated alkanes) is 5. The van der Waals surface area contributed by atoms with E-state index in [0.717, 1.165) is 0 Å². The summed E-state index contributed by atoms with van der Waals surface area (Å²) in [6.45, 7) is 3.47. The first-order valence-corrected chi connectivity index (χ1v) is 6.29. The van der Waals surface area contributed by atoms with Gasteiger partial charge in [0.15, 0.2) is 6.20 Å². The van der Waals surface area contributed by atoms with E-state index in [4.69, 9.17) is 0 Å². The van der Waals surface area contributed by atoms with Crippen molar-refractivity contribution < 1.29 is 28.5 Å². The molecule has 14 heavy (non-hydrogen) atoms. The monoisotopic (exact) mass is 325 g/mol. The van der Waals surface area contributed by atoms with Crippen LogP contribution in [0.15, 0.2) is 17.1 Å². The quantitative estimate of drug-likeness (QED) is 0.388. The number of halogens is 1. The Kier molecular flexibility index (Phi) is 10.2. The maximum atomic E-state index is 2.28. The second-order valence-electron chi connectivity index (χ2n) is 3.53. The molecule has 0 bridgehead atoms. The number of thiazole rings is 1. The van der Waals surface area contributed by atoms with Crippen LogP contribution in [-0.2, 0) is 6.54 Å². The van der Waals surface area contributed by atoms with Gasteiger partial charge in [0, 0.05) is 6.42 Å². The zero-order valence-electron chi connectivity index (χ0n) is 8.92. The zero-order chi connectivity index (χ0) is 9.36. The molecule has 1 rings (SSSR count). The predicted molar refractivity (Wildman–Crippen MR) is 57.9 cm³/mol. The van der Waals surface area contributed by atoms with E-state index in [1.807, 2.05) is 0 Å². The minimum absolute atomic E-state index is 0. The van der Waals surface area contributed by atoms with Crippen molar-refractivity contribution in [3.05, 3.63) is 17.1 Å². The Hall–Kier alpha value is 0.360. The average Bonchev–Trinajstić information content (AvgIpc) is 2.63. The van der Waals surface area contributed by atoms with Crippen molar-refractivity contribution in [3.8, 4) is 0 Å². The van der Waals surface area contributed by atoms with Gasteiger partial charge in [-0.05, 0) is 6.42 Å². The molecule has 0 aromatic carbocycles. The third-order valence-corrected chi connectivity index (χ3v) is 2.97. The van der Waals surface area contributed by atoms with E-state index in [1.54, 1.807) is 11.3 Å². The van der Waals surface area contributed by atoms with Crippen molar-refractivity contribution in [2.24, 2.45) is 0 Å². The van der Waals surface area contributed by atoms with E-state index in [-0.39, 0.29) is 24.0 Å². The summed E-state index contributed by atoms with van der Waals surface area (Å²) in [6, 6.07) is 0. The third kappa shape index (κ3) is 6.76. The van der Waals surface area contributed by atoms with Crippen LogP contribution in [0.1, 0.15) is 45.4 Å². The molecule has 1 nitrogen and oxygen atoms in total. The lowest BCUT2D eigenvalue weighted by molar-refractivity contribution is -0.692. The van der Waals surface area contributed by atoms with Gasteiger partial charge in [0.25, 0.3) is 0 Å². The lowest BCUT2D eigenvalue weighted by Crippen LogP contribution is -3.00. The molecule has 0 saturated carbocycles. The van der Waals surface area contributed by atoms with Crippen LogP contribution in [0.5, 0.6) is 0 Å². The largest absolute Gasteiger partial charge is 1.00 e. The van der Waals surface area contributed by atoms with Crippen molar-refractivity contribution in [2.75, 3.05) is 0 Å². The highest BCUT2D eigenvalue weighted by Crippen LogP contribution is 2.04. The van der Waals surface area contributed by atoms with Gasteiger partial charge in [0.1, 0.15) is 6.54 Å². The molecule has 0 radical (unpaired) electrons. The van der Waals surface area contributed by atoms with E-state index in [9.17, 15) is 0 Å². The minimum atomic E-state index is 0. The fourth-order valence-electron chi connectivity index (χ4n) is 1.46. The molecule has 0 fully saturated rings. The Morgan fingerprint density at radius 2 is 1.79 bits per heavy atom. The highest BCUT2D eigenvalue weighted by Gasteiger charge is 1.98.